The molecule has 3 rings (SSSR count). The van der Waals surface area contributed by atoms with Gasteiger partial charge in [0.15, 0.2) is 9.84 Å². The summed E-state index contributed by atoms with van der Waals surface area (Å²) in [5, 5.41) is -0.173. The maximum absolute atomic E-state index is 12.4. The van der Waals surface area contributed by atoms with Gasteiger partial charge in [-0.3, -0.25) is 0 Å². The van der Waals surface area contributed by atoms with Crippen molar-refractivity contribution in [2.75, 3.05) is 0 Å². The van der Waals surface area contributed by atoms with Gasteiger partial charge in [0.2, 0.25) is 0 Å². The van der Waals surface area contributed by atoms with E-state index >= 15 is 0 Å². The third-order valence-electron chi connectivity index (χ3n) is 3.97. The van der Waals surface area contributed by atoms with Crippen molar-refractivity contribution < 1.29 is 8.42 Å². The van der Waals surface area contributed by atoms with Gasteiger partial charge in [-0.05, 0) is 42.9 Å². The largest absolute Gasteiger partial charge is 0.223 e. The molecule has 104 valence electrons. The van der Waals surface area contributed by atoms with E-state index < -0.39 is 9.84 Å². The smallest absolute Gasteiger partial charge is 0.181 e. The fourth-order valence-electron chi connectivity index (χ4n) is 2.69. The molecule has 0 aromatic heterocycles. The van der Waals surface area contributed by atoms with Crippen LogP contribution in [0.25, 0.3) is 0 Å². The highest BCUT2D eigenvalue weighted by atomic mass is 32.2. The molecule has 2 aromatic carbocycles. The summed E-state index contributed by atoms with van der Waals surface area (Å²) in [7, 11) is -3.12. The van der Waals surface area contributed by atoms with Gasteiger partial charge in [0.05, 0.1) is 10.1 Å². The Morgan fingerprint density at radius 1 is 0.900 bits per heavy atom. The molecule has 0 unspecified atom stereocenters. The van der Waals surface area contributed by atoms with E-state index in [-0.39, 0.29) is 5.25 Å². The van der Waals surface area contributed by atoms with Crippen LogP contribution in [-0.4, -0.2) is 13.7 Å². The van der Waals surface area contributed by atoms with Gasteiger partial charge in [0.1, 0.15) is 0 Å². The normalized spacial score (nSPS) is 21.6. The van der Waals surface area contributed by atoms with Gasteiger partial charge in [-0.25, -0.2) is 8.42 Å². The van der Waals surface area contributed by atoms with Crippen LogP contribution in [0.5, 0.6) is 0 Å². The van der Waals surface area contributed by atoms with Crippen LogP contribution in [-0.2, 0) is 16.3 Å². The summed E-state index contributed by atoms with van der Waals surface area (Å²) in [6.45, 7) is 0. The van der Waals surface area contributed by atoms with Crippen LogP contribution >= 0.6 is 0 Å². The van der Waals surface area contributed by atoms with Crippen LogP contribution in [0.15, 0.2) is 65.6 Å². The average molecular weight is 286 g/mol. The number of aryl methyl sites for hydroxylation is 1. The fraction of sp³-hybridized carbons (Fsp3) is 0.294. The van der Waals surface area contributed by atoms with E-state index in [9.17, 15) is 8.42 Å². The van der Waals surface area contributed by atoms with Crippen molar-refractivity contribution in [3.05, 3.63) is 66.2 Å². The molecule has 0 bridgehead atoms. The molecule has 0 saturated heterocycles. The molecule has 0 aliphatic heterocycles. The van der Waals surface area contributed by atoms with Gasteiger partial charge < -0.3 is 0 Å². The van der Waals surface area contributed by atoms with E-state index in [1.165, 1.54) is 5.56 Å². The fourth-order valence-corrected chi connectivity index (χ4v) is 4.71. The molecule has 0 N–H and O–H groups in total. The van der Waals surface area contributed by atoms with Gasteiger partial charge in [-0.15, -0.1) is 0 Å². The first kappa shape index (κ1) is 13.4. The Balaban J connectivity index is 1.62. The quantitative estimate of drug-likeness (QED) is 0.843. The summed E-state index contributed by atoms with van der Waals surface area (Å²) in [4.78, 5) is 0.465. The van der Waals surface area contributed by atoms with E-state index in [4.69, 9.17) is 0 Å². The summed E-state index contributed by atoms with van der Waals surface area (Å²) in [6.07, 6.45) is 2.73. The Bertz CT molecular complexity index is 663. The van der Waals surface area contributed by atoms with Gasteiger partial charge in [-0.2, -0.15) is 0 Å². The van der Waals surface area contributed by atoms with Gasteiger partial charge in [0.25, 0.3) is 0 Å². The zero-order valence-corrected chi connectivity index (χ0v) is 12.1. The second kappa shape index (κ2) is 5.41. The molecule has 2 nitrogen and oxygen atoms in total. The Kier molecular flexibility index (Phi) is 3.62. The highest BCUT2D eigenvalue weighted by Crippen LogP contribution is 2.43. The number of hydrogen-bond donors (Lipinski definition) is 0. The predicted molar refractivity (Wildman–Crippen MR) is 80.3 cm³/mol. The Morgan fingerprint density at radius 2 is 1.50 bits per heavy atom. The van der Waals surface area contributed by atoms with E-state index in [1.54, 1.807) is 24.3 Å². The van der Waals surface area contributed by atoms with Crippen LogP contribution in [0, 0.1) is 5.92 Å². The molecular weight excluding hydrogens is 268 g/mol. The lowest BCUT2D eigenvalue weighted by molar-refractivity contribution is 0.589. The molecule has 0 radical (unpaired) electrons. The number of benzene rings is 2. The van der Waals surface area contributed by atoms with Crippen LogP contribution in [0.2, 0.25) is 0 Å². The van der Waals surface area contributed by atoms with Crippen molar-refractivity contribution in [1.82, 2.24) is 0 Å². The minimum atomic E-state index is -3.12. The van der Waals surface area contributed by atoms with Crippen molar-refractivity contribution in [3.63, 3.8) is 0 Å². The maximum Gasteiger partial charge on any atom is 0.181 e. The van der Waals surface area contributed by atoms with Crippen molar-refractivity contribution >= 4 is 9.84 Å². The first-order valence-corrected chi connectivity index (χ1v) is 8.55. The molecule has 2 atom stereocenters. The highest BCUT2D eigenvalue weighted by molar-refractivity contribution is 7.92. The van der Waals surface area contributed by atoms with Crippen molar-refractivity contribution in [1.29, 1.82) is 0 Å². The zero-order valence-electron chi connectivity index (χ0n) is 11.3. The van der Waals surface area contributed by atoms with Gasteiger partial charge >= 0.3 is 0 Å². The molecular formula is C17H18O2S. The Labute approximate surface area is 120 Å². The lowest BCUT2D eigenvalue weighted by Gasteiger charge is -2.04. The second-order valence-electron chi connectivity index (χ2n) is 5.42. The third kappa shape index (κ3) is 2.78. The lowest BCUT2D eigenvalue weighted by atomic mass is 10.1. The molecule has 0 heterocycles. The van der Waals surface area contributed by atoms with Gasteiger partial charge in [0, 0.05) is 0 Å². The molecule has 1 aliphatic rings. The van der Waals surface area contributed by atoms with Crippen LogP contribution in [0.4, 0.5) is 0 Å². The number of rotatable bonds is 5. The Hall–Kier alpha value is -1.61. The summed E-state index contributed by atoms with van der Waals surface area (Å²) in [6, 6.07) is 19.1. The van der Waals surface area contributed by atoms with Gasteiger partial charge in [-0.1, -0.05) is 48.5 Å². The van der Waals surface area contributed by atoms with Crippen LogP contribution < -0.4 is 0 Å². The summed E-state index contributed by atoms with van der Waals surface area (Å²) in [5.41, 5.74) is 1.29. The monoisotopic (exact) mass is 286 g/mol. The topological polar surface area (TPSA) is 34.1 Å². The number of sulfone groups is 1. The number of hydrogen-bond acceptors (Lipinski definition) is 2. The minimum Gasteiger partial charge on any atom is -0.223 e. The van der Waals surface area contributed by atoms with E-state index in [0.29, 0.717) is 10.8 Å². The standard InChI is InChI=1S/C17H18O2S/c18-20(19,16-9-5-2-6-10-16)17-13-15(17)12-11-14-7-3-1-4-8-14/h1-10,15,17H,11-13H2/t15-,17-/m0/s1. The van der Waals surface area contributed by atoms with Crippen molar-refractivity contribution in [3.8, 4) is 0 Å². The second-order valence-corrected chi connectivity index (χ2v) is 7.58. The third-order valence-corrected chi connectivity index (χ3v) is 6.28. The maximum atomic E-state index is 12.4. The predicted octanol–water partition coefficient (Wildman–Crippen LogP) is 3.48. The molecule has 1 fully saturated rings. The molecule has 2 aromatic rings. The summed E-state index contributed by atoms with van der Waals surface area (Å²) >= 11 is 0. The van der Waals surface area contributed by atoms with E-state index in [2.05, 4.69) is 12.1 Å². The highest BCUT2D eigenvalue weighted by Gasteiger charge is 2.46. The minimum absolute atomic E-state index is 0.173. The molecule has 0 amide bonds. The van der Waals surface area contributed by atoms with Crippen LogP contribution in [0.1, 0.15) is 18.4 Å². The molecule has 20 heavy (non-hydrogen) atoms. The molecule has 1 aliphatic carbocycles. The lowest BCUT2D eigenvalue weighted by Crippen LogP contribution is -2.09. The average Bonchev–Trinajstić information content (AvgIpc) is 3.28. The molecule has 0 spiro atoms. The molecule has 3 heteroatoms. The zero-order chi connectivity index (χ0) is 14.0. The SMILES string of the molecule is O=S(=O)(c1ccccc1)[C@H]1C[C@@H]1CCc1ccccc1. The van der Waals surface area contributed by atoms with E-state index in [0.717, 1.165) is 19.3 Å². The first-order valence-electron chi connectivity index (χ1n) is 7.01. The molecule has 1 saturated carbocycles. The van der Waals surface area contributed by atoms with Crippen molar-refractivity contribution in [2.24, 2.45) is 5.92 Å². The first-order chi connectivity index (χ1) is 9.68. The van der Waals surface area contributed by atoms with E-state index in [1.807, 2.05) is 24.3 Å². The summed E-state index contributed by atoms with van der Waals surface area (Å²) in [5.74, 6) is 0.320. The van der Waals surface area contributed by atoms with Crippen LogP contribution in [0.3, 0.4) is 0 Å². The van der Waals surface area contributed by atoms with Crippen molar-refractivity contribution in [2.45, 2.75) is 29.4 Å². The Morgan fingerprint density at radius 3 is 2.15 bits per heavy atom. The summed E-state index contributed by atoms with van der Waals surface area (Å²) < 4.78 is 24.8.